The fraction of sp³-hybridized carbons (Fsp3) is 0.545. The van der Waals surface area contributed by atoms with Gasteiger partial charge in [-0.2, -0.15) is 5.10 Å². The Labute approximate surface area is 99.6 Å². The summed E-state index contributed by atoms with van der Waals surface area (Å²) in [6.45, 7) is 5.31. The number of rotatable bonds is 5. The third-order valence-electron chi connectivity index (χ3n) is 2.31. The van der Waals surface area contributed by atoms with E-state index in [1.54, 1.807) is 17.1 Å². The molecule has 0 spiro atoms. The number of nitrogens with zero attached hydrogens (tertiary/aromatic N) is 2. The Kier molecular flexibility index (Phi) is 4.25. The lowest BCUT2D eigenvalue weighted by Gasteiger charge is -2.13. The van der Waals surface area contributed by atoms with E-state index in [9.17, 15) is 9.59 Å². The minimum atomic E-state index is -0.957. The maximum Gasteiger partial charge on any atom is 0.305 e. The van der Waals surface area contributed by atoms with Gasteiger partial charge >= 0.3 is 5.97 Å². The van der Waals surface area contributed by atoms with Crippen LogP contribution in [0.5, 0.6) is 0 Å². The molecule has 0 bridgehead atoms. The predicted octanol–water partition coefficient (Wildman–Crippen LogP) is 1.12. The van der Waals surface area contributed by atoms with Crippen LogP contribution in [0, 0.1) is 0 Å². The molecule has 0 aromatic carbocycles. The Balaban J connectivity index is 2.87. The molecule has 2 N–H and O–H groups in total. The molecule has 0 aliphatic rings. The fourth-order valence-corrected chi connectivity index (χ4v) is 1.49. The van der Waals surface area contributed by atoms with E-state index in [4.69, 9.17) is 5.11 Å². The van der Waals surface area contributed by atoms with E-state index in [1.807, 2.05) is 13.8 Å². The van der Waals surface area contributed by atoms with E-state index < -0.39 is 12.0 Å². The quantitative estimate of drug-likeness (QED) is 0.806. The lowest BCUT2D eigenvalue weighted by molar-refractivity contribution is -0.137. The number of aromatic nitrogens is 2. The van der Waals surface area contributed by atoms with Crippen molar-refractivity contribution in [3.8, 4) is 0 Å². The van der Waals surface area contributed by atoms with Crippen LogP contribution in [-0.2, 0) is 9.59 Å². The van der Waals surface area contributed by atoms with Gasteiger partial charge in [-0.15, -0.1) is 0 Å². The molecule has 1 rings (SSSR count). The number of amides is 1. The Morgan fingerprint density at radius 1 is 1.53 bits per heavy atom. The van der Waals surface area contributed by atoms with Gasteiger partial charge in [0.2, 0.25) is 5.91 Å². The molecule has 1 aromatic rings. The fourth-order valence-electron chi connectivity index (χ4n) is 1.49. The van der Waals surface area contributed by atoms with Crippen molar-refractivity contribution in [2.45, 2.75) is 39.3 Å². The van der Waals surface area contributed by atoms with Crippen LogP contribution in [0.15, 0.2) is 12.4 Å². The van der Waals surface area contributed by atoms with Gasteiger partial charge < -0.3 is 10.4 Å². The maximum absolute atomic E-state index is 11.0. The third kappa shape index (κ3) is 3.90. The molecule has 1 amide bonds. The maximum atomic E-state index is 11.0. The smallest absolute Gasteiger partial charge is 0.305 e. The predicted molar refractivity (Wildman–Crippen MR) is 61.4 cm³/mol. The Morgan fingerprint density at radius 3 is 2.59 bits per heavy atom. The molecule has 0 fully saturated rings. The van der Waals surface area contributed by atoms with Crippen molar-refractivity contribution in [3.05, 3.63) is 18.0 Å². The number of carboxylic acid groups (broad SMARTS) is 1. The summed E-state index contributed by atoms with van der Waals surface area (Å²) in [6, 6.07) is -0.330. The number of carbonyl (C=O) groups excluding carboxylic acids is 1. The second kappa shape index (κ2) is 5.47. The first-order chi connectivity index (χ1) is 7.90. The summed E-state index contributed by atoms with van der Waals surface area (Å²) in [7, 11) is 0. The van der Waals surface area contributed by atoms with Gasteiger partial charge in [-0.05, 0) is 13.8 Å². The molecule has 0 aliphatic carbocycles. The topological polar surface area (TPSA) is 84.2 Å². The average molecular weight is 239 g/mol. The van der Waals surface area contributed by atoms with Crippen molar-refractivity contribution in [3.63, 3.8) is 0 Å². The summed E-state index contributed by atoms with van der Waals surface area (Å²) >= 11 is 0. The Hall–Kier alpha value is -1.85. The van der Waals surface area contributed by atoms with Gasteiger partial charge in [-0.3, -0.25) is 14.3 Å². The first kappa shape index (κ1) is 13.2. The number of nitrogens with one attached hydrogen (secondary N) is 1. The molecule has 1 aromatic heterocycles. The molecule has 1 heterocycles. The van der Waals surface area contributed by atoms with Crippen molar-refractivity contribution < 1.29 is 14.7 Å². The van der Waals surface area contributed by atoms with E-state index in [-0.39, 0.29) is 18.4 Å². The molecule has 1 atom stereocenters. The summed E-state index contributed by atoms with van der Waals surface area (Å²) in [5, 5.41) is 15.5. The summed E-state index contributed by atoms with van der Waals surface area (Å²) in [4.78, 5) is 21.7. The molecule has 0 unspecified atom stereocenters. The van der Waals surface area contributed by atoms with Gasteiger partial charge in [-0.1, -0.05) is 0 Å². The highest BCUT2D eigenvalue weighted by Crippen LogP contribution is 2.17. The van der Waals surface area contributed by atoms with Crippen LogP contribution in [0.1, 0.15) is 44.8 Å². The summed E-state index contributed by atoms with van der Waals surface area (Å²) in [6.07, 6.45) is 3.20. The summed E-state index contributed by atoms with van der Waals surface area (Å²) in [5.74, 6) is -1.21. The number of aliphatic carboxylic acids is 1. The van der Waals surface area contributed by atoms with E-state index >= 15 is 0 Å². The van der Waals surface area contributed by atoms with Crippen LogP contribution in [0.3, 0.4) is 0 Å². The summed E-state index contributed by atoms with van der Waals surface area (Å²) < 4.78 is 1.73. The van der Waals surface area contributed by atoms with Gasteiger partial charge in [0.15, 0.2) is 0 Å². The summed E-state index contributed by atoms with van der Waals surface area (Å²) in [5.41, 5.74) is 0.705. The molecule has 6 nitrogen and oxygen atoms in total. The van der Waals surface area contributed by atoms with Gasteiger partial charge in [0.1, 0.15) is 0 Å². The Bertz CT molecular complexity index is 396. The molecule has 94 valence electrons. The zero-order valence-electron chi connectivity index (χ0n) is 10.2. The minimum Gasteiger partial charge on any atom is -0.481 e. The highest BCUT2D eigenvalue weighted by atomic mass is 16.4. The molecule has 0 saturated heterocycles. The van der Waals surface area contributed by atoms with Crippen molar-refractivity contribution in [2.75, 3.05) is 0 Å². The van der Waals surface area contributed by atoms with E-state index in [2.05, 4.69) is 10.4 Å². The normalized spacial score (nSPS) is 12.5. The highest BCUT2D eigenvalue weighted by molar-refractivity contribution is 5.75. The molecular weight excluding hydrogens is 222 g/mol. The lowest BCUT2D eigenvalue weighted by Crippen LogP contribution is -2.27. The molecular formula is C11H17N3O3. The SMILES string of the molecule is CC(=O)N[C@H](CC(=O)O)c1cnn(C(C)C)c1. The average Bonchev–Trinajstić information content (AvgIpc) is 2.63. The van der Waals surface area contributed by atoms with Crippen LogP contribution >= 0.6 is 0 Å². The van der Waals surface area contributed by atoms with Crippen molar-refractivity contribution in [1.29, 1.82) is 0 Å². The minimum absolute atomic E-state index is 0.149. The second-order valence-corrected chi connectivity index (χ2v) is 4.20. The molecule has 17 heavy (non-hydrogen) atoms. The van der Waals surface area contributed by atoms with Crippen LogP contribution < -0.4 is 5.32 Å². The first-order valence-corrected chi connectivity index (χ1v) is 5.43. The lowest BCUT2D eigenvalue weighted by atomic mass is 10.1. The van der Waals surface area contributed by atoms with E-state index in [0.717, 1.165) is 0 Å². The van der Waals surface area contributed by atoms with Crippen molar-refractivity contribution >= 4 is 11.9 Å². The molecule has 6 heteroatoms. The Morgan fingerprint density at radius 2 is 2.18 bits per heavy atom. The number of carboxylic acids is 1. The van der Waals surface area contributed by atoms with E-state index in [0.29, 0.717) is 5.56 Å². The van der Waals surface area contributed by atoms with Crippen molar-refractivity contribution in [2.24, 2.45) is 0 Å². The molecule has 0 radical (unpaired) electrons. The number of carbonyl (C=O) groups is 2. The van der Waals surface area contributed by atoms with Crippen LogP contribution in [0.2, 0.25) is 0 Å². The van der Waals surface area contributed by atoms with Gasteiger partial charge in [0, 0.05) is 24.7 Å². The zero-order valence-corrected chi connectivity index (χ0v) is 10.2. The number of hydrogen-bond donors (Lipinski definition) is 2. The second-order valence-electron chi connectivity index (χ2n) is 4.20. The number of hydrogen-bond acceptors (Lipinski definition) is 3. The standard InChI is InChI=1S/C11H17N3O3/c1-7(2)14-6-9(5-12-14)10(4-11(16)17)13-8(3)15/h5-7,10H,4H2,1-3H3,(H,13,15)(H,16,17)/t10-/m1/s1. The zero-order chi connectivity index (χ0) is 13.0. The van der Waals surface area contributed by atoms with Gasteiger partial charge in [0.25, 0.3) is 0 Å². The molecule has 0 aliphatic heterocycles. The third-order valence-corrected chi connectivity index (χ3v) is 2.31. The van der Waals surface area contributed by atoms with Crippen LogP contribution in [0.25, 0.3) is 0 Å². The van der Waals surface area contributed by atoms with Crippen LogP contribution in [-0.4, -0.2) is 26.8 Å². The highest BCUT2D eigenvalue weighted by Gasteiger charge is 2.18. The monoisotopic (exact) mass is 239 g/mol. The van der Waals surface area contributed by atoms with Crippen molar-refractivity contribution in [1.82, 2.24) is 15.1 Å². The van der Waals surface area contributed by atoms with E-state index in [1.165, 1.54) is 6.92 Å². The van der Waals surface area contributed by atoms with Gasteiger partial charge in [0.05, 0.1) is 18.7 Å². The van der Waals surface area contributed by atoms with Gasteiger partial charge in [-0.25, -0.2) is 0 Å². The largest absolute Gasteiger partial charge is 0.481 e. The molecule has 0 saturated carbocycles. The first-order valence-electron chi connectivity index (χ1n) is 5.43. The van der Waals surface area contributed by atoms with Crippen LogP contribution in [0.4, 0.5) is 0 Å².